The van der Waals surface area contributed by atoms with Gasteiger partial charge in [-0.15, -0.1) is 11.3 Å². The highest BCUT2D eigenvalue weighted by Gasteiger charge is 2.25. The topological polar surface area (TPSA) is 87.4 Å². The first kappa shape index (κ1) is 19.5. The lowest BCUT2D eigenvalue weighted by atomic mass is 10.1. The van der Waals surface area contributed by atoms with Gasteiger partial charge in [-0.3, -0.25) is 10.1 Å². The number of rotatable bonds is 7. The molecule has 1 aliphatic rings. The van der Waals surface area contributed by atoms with Crippen molar-refractivity contribution in [3.05, 3.63) is 51.0 Å². The zero-order chi connectivity index (χ0) is 20.2. The van der Waals surface area contributed by atoms with Crippen molar-refractivity contribution in [2.24, 2.45) is 0 Å². The maximum absolute atomic E-state index is 11.8. The van der Waals surface area contributed by atoms with Crippen molar-refractivity contribution in [1.29, 1.82) is 0 Å². The van der Waals surface area contributed by atoms with Crippen LogP contribution in [-0.2, 0) is 6.42 Å². The minimum absolute atomic E-state index is 0.110. The molecule has 0 spiro atoms. The van der Waals surface area contributed by atoms with E-state index in [0.29, 0.717) is 23.4 Å². The average Bonchev–Trinajstić information content (AvgIpc) is 3.26. The van der Waals surface area contributed by atoms with E-state index < -0.39 is 0 Å². The number of thiophene rings is 1. The molecule has 0 aliphatic carbocycles. The molecule has 152 valence electrons. The van der Waals surface area contributed by atoms with Gasteiger partial charge in [0.1, 0.15) is 17.8 Å². The molecule has 9 heteroatoms. The molecule has 0 unspecified atom stereocenters. The Hall–Kier alpha value is -2.78. The fourth-order valence-electron chi connectivity index (χ4n) is 3.68. The van der Waals surface area contributed by atoms with Crippen molar-refractivity contribution in [2.45, 2.75) is 13.3 Å². The Kier molecular flexibility index (Phi) is 5.86. The Balaban J connectivity index is 1.61. The number of piperazine rings is 1. The van der Waals surface area contributed by atoms with E-state index in [2.05, 4.69) is 43.5 Å². The second-order valence-electron chi connectivity index (χ2n) is 7.01. The number of nitrogens with zero attached hydrogens (tertiary/aromatic N) is 5. The molecule has 2 aromatic heterocycles. The number of hydrogen-bond donors (Lipinski definition) is 1. The average molecular weight is 413 g/mol. The van der Waals surface area contributed by atoms with Crippen LogP contribution in [0.25, 0.3) is 10.9 Å². The number of benzene rings is 1. The molecule has 1 fully saturated rings. The first-order valence-corrected chi connectivity index (χ1v) is 10.7. The molecular formula is C20H24N6O2S. The van der Waals surface area contributed by atoms with Gasteiger partial charge in [-0.2, -0.15) is 0 Å². The lowest BCUT2D eigenvalue weighted by Crippen LogP contribution is -2.46. The molecular weight excluding hydrogens is 388 g/mol. The summed E-state index contributed by atoms with van der Waals surface area (Å²) in [6.07, 6.45) is 2.39. The van der Waals surface area contributed by atoms with Gasteiger partial charge >= 0.3 is 0 Å². The van der Waals surface area contributed by atoms with Crippen LogP contribution in [0.4, 0.5) is 17.2 Å². The van der Waals surface area contributed by atoms with Crippen LogP contribution in [0.5, 0.6) is 0 Å². The third kappa shape index (κ3) is 4.30. The van der Waals surface area contributed by atoms with Crippen LogP contribution in [-0.4, -0.2) is 59.1 Å². The number of fused-ring (bicyclic) bond motifs is 1. The summed E-state index contributed by atoms with van der Waals surface area (Å²) in [6, 6.07) is 7.58. The summed E-state index contributed by atoms with van der Waals surface area (Å²) >= 11 is 1.72. The normalized spacial score (nSPS) is 15.0. The molecule has 3 aromatic rings. The molecule has 0 atom stereocenters. The molecule has 0 bridgehead atoms. The van der Waals surface area contributed by atoms with Crippen molar-refractivity contribution in [3.63, 3.8) is 0 Å². The molecule has 1 aromatic carbocycles. The van der Waals surface area contributed by atoms with Gasteiger partial charge in [-0.05, 0) is 30.5 Å². The number of aromatic nitrogens is 2. The zero-order valence-electron chi connectivity index (χ0n) is 16.4. The maximum atomic E-state index is 11.8. The lowest BCUT2D eigenvalue weighted by Gasteiger charge is -2.35. The molecule has 8 nitrogen and oxygen atoms in total. The molecule has 1 N–H and O–H groups in total. The predicted octanol–water partition coefficient (Wildman–Crippen LogP) is 3.40. The van der Waals surface area contributed by atoms with Gasteiger partial charge in [0.05, 0.1) is 10.4 Å². The van der Waals surface area contributed by atoms with Gasteiger partial charge in [0.25, 0.3) is 5.69 Å². The van der Waals surface area contributed by atoms with Gasteiger partial charge in [0.15, 0.2) is 0 Å². The van der Waals surface area contributed by atoms with Crippen molar-refractivity contribution < 1.29 is 4.92 Å². The standard InChI is InChI=1S/C20H24N6O2S/c1-2-24-7-9-25(10-8-24)18-13-17-16(12-19(18)26(27)28)20(23-14-22-17)21-6-5-15-4-3-11-29-15/h3-4,11-14H,2,5-10H2,1H3,(H,21,22,23). The lowest BCUT2D eigenvalue weighted by molar-refractivity contribution is -0.384. The van der Waals surface area contributed by atoms with Gasteiger partial charge in [-0.1, -0.05) is 13.0 Å². The van der Waals surface area contributed by atoms with Crippen LogP contribution in [0.15, 0.2) is 36.0 Å². The molecule has 3 heterocycles. The summed E-state index contributed by atoms with van der Waals surface area (Å²) in [6.45, 7) is 7.21. The first-order chi connectivity index (χ1) is 14.2. The second-order valence-corrected chi connectivity index (χ2v) is 8.05. The quantitative estimate of drug-likeness (QED) is 0.470. The number of likely N-dealkylation sites (N-methyl/N-ethyl adjacent to an activating group) is 1. The summed E-state index contributed by atoms with van der Waals surface area (Å²) in [5, 5.41) is 17.9. The van der Waals surface area contributed by atoms with Crippen molar-refractivity contribution in [2.75, 3.05) is 49.5 Å². The number of nitrogens with one attached hydrogen (secondary N) is 1. The highest BCUT2D eigenvalue weighted by molar-refractivity contribution is 7.09. The molecule has 1 aliphatic heterocycles. The highest BCUT2D eigenvalue weighted by atomic mass is 32.1. The third-order valence-electron chi connectivity index (χ3n) is 5.33. The number of nitro benzene ring substituents is 1. The fourth-order valence-corrected chi connectivity index (χ4v) is 4.39. The fraction of sp³-hybridized carbons (Fsp3) is 0.400. The Morgan fingerprint density at radius 1 is 1.24 bits per heavy atom. The molecule has 1 saturated heterocycles. The van der Waals surface area contributed by atoms with E-state index in [1.807, 2.05) is 12.1 Å². The van der Waals surface area contributed by atoms with Crippen LogP contribution < -0.4 is 10.2 Å². The van der Waals surface area contributed by atoms with E-state index in [1.54, 1.807) is 17.4 Å². The Morgan fingerprint density at radius 3 is 2.76 bits per heavy atom. The second kappa shape index (κ2) is 8.71. The van der Waals surface area contributed by atoms with Gasteiger partial charge in [-0.25, -0.2) is 9.97 Å². The molecule has 0 saturated carbocycles. The summed E-state index contributed by atoms with van der Waals surface area (Å²) in [4.78, 5) is 26.0. The van der Waals surface area contributed by atoms with Crippen molar-refractivity contribution in [3.8, 4) is 0 Å². The van der Waals surface area contributed by atoms with Crippen LogP contribution in [0, 0.1) is 10.1 Å². The highest BCUT2D eigenvalue weighted by Crippen LogP contribution is 2.35. The van der Waals surface area contributed by atoms with Gasteiger partial charge in [0.2, 0.25) is 0 Å². The molecule has 29 heavy (non-hydrogen) atoms. The summed E-state index contributed by atoms with van der Waals surface area (Å²) in [5.41, 5.74) is 1.47. The molecule has 0 radical (unpaired) electrons. The smallest absolute Gasteiger partial charge is 0.293 e. The van der Waals surface area contributed by atoms with Crippen molar-refractivity contribution >= 4 is 39.4 Å². The number of hydrogen-bond acceptors (Lipinski definition) is 8. The maximum Gasteiger partial charge on any atom is 0.293 e. The van der Waals surface area contributed by atoms with E-state index in [4.69, 9.17) is 0 Å². The minimum atomic E-state index is -0.302. The van der Waals surface area contributed by atoms with E-state index in [1.165, 1.54) is 11.2 Å². The number of anilines is 2. The SMILES string of the molecule is CCN1CCN(c2cc3ncnc(NCCc4cccs4)c3cc2[N+](=O)[O-])CC1. The Bertz CT molecular complexity index is 986. The van der Waals surface area contributed by atoms with Gasteiger partial charge in [0, 0.05) is 49.1 Å². The van der Waals surface area contributed by atoms with E-state index in [-0.39, 0.29) is 10.6 Å². The van der Waals surface area contributed by atoms with Gasteiger partial charge < -0.3 is 15.1 Å². The summed E-state index contributed by atoms with van der Waals surface area (Å²) < 4.78 is 0. The Morgan fingerprint density at radius 2 is 2.07 bits per heavy atom. The van der Waals surface area contributed by atoms with E-state index >= 15 is 0 Å². The van der Waals surface area contributed by atoms with Crippen LogP contribution >= 0.6 is 11.3 Å². The summed E-state index contributed by atoms with van der Waals surface area (Å²) in [5.74, 6) is 0.636. The Labute approximate surface area is 173 Å². The zero-order valence-corrected chi connectivity index (χ0v) is 17.2. The van der Waals surface area contributed by atoms with Crippen LogP contribution in [0.3, 0.4) is 0 Å². The monoisotopic (exact) mass is 412 g/mol. The van der Waals surface area contributed by atoms with Crippen molar-refractivity contribution in [1.82, 2.24) is 14.9 Å². The predicted molar refractivity (Wildman–Crippen MR) is 117 cm³/mol. The van der Waals surface area contributed by atoms with Crippen LogP contribution in [0.2, 0.25) is 0 Å². The largest absolute Gasteiger partial charge is 0.369 e. The van der Waals surface area contributed by atoms with Crippen LogP contribution in [0.1, 0.15) is 11.8 Å². The minimum Gasteiger partial charge on any atom is -0.369 e. The third-order valence-corrected chi connectivity index (χ3v) is 6.27. The van der Waals surface area contributed by atoms with E-state index in [9.17, 15) is 10.1 Å². The number of nitro groups is 1. The first-order valence-electron chi connectivity index (χ1n) is 9.82. The molecule has 0 amide bonds. The summed E-state index contributed by atoms with van der Waals surface area (Å²) in [7, 11) is 0. The van der Waals surface area contributed by atoms with E-state index in [0.717, 1.165) is 44.7 Å². The molecule has 4 rings (SSSR count).